The second-order valence-electron chi connectivity index (χ2n) is 4.98. The van der Waals surface area contributed by atoms with Gasteiger partial charge in [-0.25, -0.2) is 5.01 Å². The summed E-state index contributed by atoms with van der Waals surface area (Å²) < 4.78 is 0. The molecule has 1 aromatic carbocycles. The maximum atomic E-state index is 12.2. The monoisotopic (exact) mass is 272 g/mol. The molecule has 0 atom stereocenters. The van der Waals surface area contributed by atoms with Gasteiger partial charge in [0, 0.05) is 12.1 Å². The van der Waals surface area contributed by atoms with Crippen molar-refractivity contribution in [3.63, 3.8) is 0 Å². The molecule has 2 rings (SSSR count). The molecule has 2 amide bonds. The first kappa shape index (κ1) is 14.3. The minimum atomic E-state index is -0.0369. The summed E-state index contributed by atoms with van der Waals surface area (Å²) >= 11 is 0. The van der Waals surface area contributed by atoms with E-state index >= 15 is 0 Å². The molecule has 4 nitrogen and oxygen atoms in total. The highest BCUT2D eigenvalue weighted by Crippen LogP contribution is 2.22. The Balaban J connectivity index is 2.00. The Morgan fingerprint density at radius 2 is 2.00 bits per heavy atom. The largest absolute Gasteiger partial charge is 0.277 e. The van der Waals surface area contributed by atoms with Crippen LogP contribution in [0, 0.1) is 0 Å². The number of nitrogens with zero attached hydrogens (tertiary/aromatic N) is 2. The molecular formula is C16H20N2O2. The SMILES string of the molecule is CCC1=C(C)CN(N(C=O)CCc2ccccc2)C1=O. The lowest BCUT2D eigenvalue weighted by Crippen LogP contribution is -2.44. The van der Waals surface area contributed by atoms with Crippen molar-refractivity contribution in [2.75, 3.05) is 13.1 Å². The normalized spacial score (nSPS) is 14.9. The fourth-order valence-electron chi connectivity index (χ4n) is 2.51. The Labute approximate surface area is 119 Å². The zero-order chi connectivity index (χ0) is 14.5. The molecule has 1 aliphatic heterocycles. The van der Waals surface area contributed by atoms with E-state index < -0.39 is 0 Å². The van der Waals surface area contributed by atoms with E-state index in [9.17, 15) is 9.59 Å². The van der Waals surface area contributed by atoms with E-state index in [0.717, 1.165) is 29.5 Å². The van der Waals surface area contributed by atoms with Crippen molar-refractivity contribution in [3.05, 3.63) is 47.0 Å². The van der Waals surface area contributed by atoms with E-state index in [1.54, 1.807) is 5.01 Å². The number of rotatable bonds is 6. The van der Waals surface area contributed by atoms with Gasteiger partial charge in [0.2, 0.25) is 6.41 Å². The quantitative estimate of drug-likeness (QED) is 0.745. The summed E-state index contributed by atoms with van der Waals surface area (Å²) in [5, 5.41) is 3.03. The molecule has 0 unspecified atom stereocenters. The third kappa shape index (κ3) is 2.90. The zero-order valence-electron chi connectivity index (χ0n) is 12.0. The van der Waals surface area contributed by atoms with Crippen molar-refractivity contribution in [1.29, 1.82) is 0 Å². The van der Waals surface area contributed by atoms with E-state index in [1.807, 2.05) is 44.2 Å². The van der Waals surface area contributed by atoms with Crippen LogP contribution in [-0.4, -0.2) is 35.4 Å². The Morgan fingerprint density at radius 1 is 1.30 bits per heavy atom. The number of benzene rings is 1. The standard InChI is InChI=1S/C16H20N2O2/c1-3-15-13(2)11-18(16(15)20)17(12-19)10-9-14-7-5-4-6-8-14/h4-8,12H,3,9-11H2,1-2H3. The smallest absolute Gasteiger partial charge is 0.268 e. The summed E-state index contributed by atoms with van der Waals surface area (Å²) in [7, 11) is 0. The summed E-state index contributed by atoms with van der Waals surface area (Å²) in [5.74, 6) is -0.0369. The minimum absolute atomic E-state index is 0.0369. The van der Waals surface area contributed by atoms with E-state index in [4.69, 9.17) is 0 Å². The van der Waals surface area contributed by atoms with E-state index in [2.05, 4.69) is 0 Å². The van der Waals surface area contributed by atoms with Crippen LogP contribution in [0.15, 0.2) is 41.5 Å². The number of carbonyl (C=O) groups excluding carboxylic acids is 2. The van der Waals surface area contributed by atoms with Crippen molar-refractivity contribution in [2.24, 2.45) is 0 Å². The summed E-state index contributed by atoms with van der Waals surface area (Å²) in [5.41, 5.74) is 3.05. The Morgan fingerprint density at radius 3 is 2.55 bits per heavy atom. The molecule has 0 aromatic heterocycles. The van der Waals surface area contributed by atoms with Crippen LogP contribution in [0.5, 0.6) is 0 Å². The van der Waals surface area contributed by atoms with Crippen LogP contribution in [0.2, 0.25) is 0 Å². The molecule has 0 N–H and O–H groups in total. The van der Waals surface area contributed by atoms with Crippen molar-refractivity contribution in [1.82, 2.24) is 10.0 Å². The summed E-state index contributed by atoms with van der Waals surface area (Å²) in [4.78, 5) is 23.5. The topological polar surface area (TPSA) is 40.6 Å². The maximum Gasteiger partial charge on any atom is 0.268 e. The fourth-order valence-corrected chi connectivity index (χ4v) is 2.51. The number of hydrogen-bond donors (Lipinski definition) is 0. The van der Waals surface area contributed by atoms with Crippen LogP contribution < -0.4 is 0 Å². The van der Waals surface area contributed by atoms with Gasteiger partial charge in [0.15, 0.2) is 0 Å². The average molecular weight is 272 g/mol. The highest BCUT2D eigenvalue weighted by atomic mass is 16.2. The van der Waals surface area contributed by atoms with Gasteiger partial charge in [0.05, 0.1) is 6.54 Å². The molecule has 20 heavy (non-hydrogen) atoms. The molecular weight excluding hydrogens is 252 g/mol. The first-order chi connectivity index (χ1) is 9.67. The van der Waals surface area contributed by atoms with Crippen LogP contribution in [0.3, 0.4) is 0 Å². The maximum absolute atomic E-state index is 12.2. The second-order valence-corrected chi connectivity index (χ2v) is 4.98. The Hall–Kier alpha value is -2.10. The van der Waals surface area contributed by atoms with Gasteiger partial charge in [-0.3, -0.25) is 14.6 Å². The lowest BCUT2D eigenvalue weighted by molar-refractivity contribution is -0.150. The molecule has 1 heterocycles. The van der Waals surface area contributed by atoms with Crippen LogP contribution >= 0.6 is 0 Å². The lowest BCUT2D eigenvalue weighted by Gasteiger charge is -2.28. The molecule has 106 valence electrons. The Bertz CT molecular complexity index is 523. The van der Waals surface area contributed by atoms with Crippen LogP contribution in [0.4, 0.5) is 0 Å². The number of hydrazine groups is 1. The molecule has 0 saturated heterocycles. The van der Waals surface area contributed by atoms with Gasteiger partial charge in [-0.15, -0.1) is 0 Å². The minimum Gasteiger partial charge on any atom is -0.277 e. The number of amides is 2. The molecule has 0 radical (unpaired) electrons. The van der Waals surface area contributed by atoms with Gasteiger partial charge >= 0.3 is 0 Å². The fraction of sp³-hybridized carbons (Fsp3) is 0.375. The van der Waals surface area contributed by atoms with Crippen molar-refractivity contribution in [3.8, 4) is 0 Å². The van der Waals surface area contributed by atoms with Crippen molar-refractivity contribution >= 4 is 12.3 Å². The summed E-state index contributed by atoms with van der Waals surface area (Å²) in [6.45, 7) is 4.96. The van der Waals surface area contributed by atoms with E-state index in [1.165, 1.54) is 5.01 Å². The van der Waals surface area contributed by atoms with Gasteiger partial charge in [0.25, 0.3) is 5.91 Å². The third-order valence-corrected chi connectivity index (χ3v) is 3.65. The van der Waals surface area contributed by atoms with Crippen molar-refractivity contribution in [2.45, 2.75) is 26.7 Å². The number of hydrogen-bond acceptors (Lipinski definition) is 2. The first-order valence-corrected chi connectivity index (χ1v) is 6.93. The zero-order valence-corrected chi connectivity index (χ0v) is 12.0. The van der Waals surface area contributed by atoms with Crippen LogP contribution in [-0.2, 0) is 16.0 Å². The molecule has 1 aromatic rings. The van der Waals surface area contributed by atoms with Crippen LogP contribution in [0.1, 0.15) is 25.8 Å². The first-order valence-electron chi connectivity index (χ1n) is 6.93. The molecule has 0 fully saturated rings. The molecule has 0 aliphatic carbocycles. The van der Waals surface area contributed by atoms with Crippen molar-refractivity contribution < 1.29 is 9.59 Å². The van der Waals surface area contributed by atoms with Crippen LogP contribution in [0.25, 0.3) is 0 Å². The highest BCUT2D eigenvalue weighted by molar-refractivity contribution is 5.97. The van der Waals surface area contributed by atoms with Gasteiger partial charge in [-0.05, 0) is 30.9 Å². The van der Waals surface area contributed by atoms with E-state index in [-0.39, 0.29) is 5.91 Å². The molecule has 4 heteroatoms. The predicted molar refractivity (Wildman–Crippen MR) is 77.6 cm³/mol. The third-order valence-electron chi connectivity index (χ3n) is 3.65. The molecule has 1 aliphatic rings. The molecule has 0 spiro atoms. The summed E-state index contributed by atoms with van der Waals surface area (Å²) in [6, 6.07) is 9.96. The Kier molecular flexibility index (Phi) is 4.56. The van der Waals surface area contributed by atoms with Gasteiger partial charge < -0.3 is 0 Å². The van der Waals surface area contributed by atoms with Gasteiger partial charge in [0.1, 0.15) is 0 Å². The predicted octanol–water partition coefficient (Wildman–Crippen LogP) is 2.17. The second kappa shape index (κ2) is 6.37. The average Bonchev–Trinajstić information content (AvgIpc) is 2.75. The van der Waals surface area contributed by atoms with Gasteiger partial charge in [-0.1, -0.05) is 37.3 Å². The lowest BCUT2D eigenvalue weighted by atomic mass is 10.1. The molecule has 0 saturated carbocycles. The number of carbonyl (C=O) groups is 2. The van der Waals surface area contributed by atoms with E-state index in [0.29, 0.717) is 19.5 Å². The molecule has 0 bridgehead atoms. The summed E-state index contributed by atoms with van der Waals surface area (Å²) in [6.07, 6.45) is 2.20. The highest BCUT2D eigenvalue weighted by Gasteiger charge is 2.30. The van der Waals surface area contributed by atoms with Gasteiger partial charge in [-0.2, -0.15) is 0 Å².